The van der Waals surface area contributed by atoms with Crippen LogP contribution < -0.4 is 15.8 Å². The average Bonchev–Trinajstić information content (AvgIpc) is 2.77. The van der Waals surface area contributed by atoms with Gasteiger partial charge in [0.25, 0.3) is 11.8 Å². The SMILES string of the molecule is COc1ccc(C(=O)N2CCC(c3ccc(C(=O)NC(=N)N)cc3C(F)(F)F)CC2)cn1. The van der Waals surface area contributed by atoms with Crippen molar-refractivity contribution in [2.45, 2.75) is 24.9 Å². The number of ether oxygens (including phenoxy) is 1. The molecule has 0 saturated carbocycles. The maximum atomic E-state index is 13.7. The van der Waals surface area contributed by atoms with Gasteiger partial charge < -0.3 is 15.4 Å². The largest absolute Gasteiger partial charge is 0.481 e. The second-order valence-electron chi connectivity index (χ2n) is 7.32. The number of nitrogens with zero attached hydrogens (tertiary/aromatic N) is 2. The normalized spacial score (nSPS) is 14.7. The fourth-order valence-corrected chi connectivity index (χ4v) is 3.70. The molecule has 11 heteroatoms. The molecule has 2 amide bonds. The van der Waals surface area contributed by atoms with Crippen molar-refractivity contribution in [3.05, 3.63) is 58.8 Å². The second kappa shape index (κ2) is 9.25. The van der Waals surface area contributed by atoms with E-state index in [0.29, 0.717) is 37.4 Å². The van der Waals surface area contributed by atoms with E-state index in [1.807, 2.05) is 5.32 Å². The molecule has 3 rings (SSSR count). The van der Waals surface area contributed by atoms with Crippen LogP contribution in [-0.2, 0) is 6.18 Å². The van der Waals surface area contributed by atoms with Gasteiger partial charge in [0.05, 0.1) is 18.2 Å². The average molecular weight is 449 g/mol. The second-order valence-corrected chi connectivity index (χ2v) is 7.32. The van der Waals surface area contributed by atoms with Crippen molar-refractivity contribution in [2.75, 3.05) is 20.2 Å². The van der Waals surface area contributed by atoms with Crippen molar-refractivity contribution in [3.63, 3.8) is 0 Å². The Morgan fingerprint density at radius 1 is 1.19 bits per heavy atom. The highest BCUT2D eigenvalue weighted by Gasteiger charge is 2.37. The van der Waals surface area contributed by atoms with Gasteiger partial charge in [0, 0.05) is 30.9 Å². The van der Waals surface area contributed by atoms with E-state index in [9.17, 15) is 22.8 Å². The molecule has 4 N–H and O–H groups in total. The van der Waals surface area contributed by atoms with E-state index in [4.69, 9.17) is 15.9 Å². The summed E-state index contributed by atoms with van der Waals surface area (Å²) in [6.07, 6.45) is -2.57. The van der Waals surface area contributed by atoms with Crippen molar-refractivity contribution < 1.29 is 27.5 Å². The molecule has 1 aromatic carbocycles. The minimum absolute atomic E-state index is 0.0788. The Hall–Kier alpha value is -3.63. The van der Waals surface area contributed by atoms with Gasteiger partial charge >= 0.3 is 6.18 Å². The first-order valence-electron chi connectivity index (χ1n) is 9.76. The Morgan fingerprint density at radius 2 is 1.84 bits per heavy atom. The monoisotopic (exact) mass is 449 g/mol. The third-order valence-electron chi connectivity index (χ3n) is 5.28. The first kappa shape index (κ1) is 23.0. The van der Waals surface area contributed by atoms with Crippen molar-refractivity contribution in [2.24, 2.45) is 5.73 Å². The fourth-order valence-electron chi connectivity index (χ4n) is 3.70. The van der Waals surface area contributed by atoms with Gasteiger partial charge in [0.2, 0.25) is 5.88 Å². The minimum Gasteiger partial charge on any atom is -0.481 e. The number of likely N-dealkylation sites (tertiary alicyclic amines) is 1. The molecule has 1 saturated heterocycles. The number of aromatic nitrogens is 1. The number of carbonyl (C=O) groups is 2. The van der Waals surface area contributed by atoms with Crippen molar-refractivity contribution in [1.29, 1.82) is 5.41 Å². The van der Waals surface area contributed by atoms with E-state index < -0.39 is 29.5 Å². The molecule has 0 radical (unpaired) electrons. The van der Waals surface area contributed by atoms with Crippen LogP contribution in [0.4, 0.5) is 13.2 Å². The van der Waals surface area contributed by atoms with E-state index in [0.717, 1.165) is 6.07 Å². The zero-order valence-electron chi connectivity index (χ0n) is 17.2. The van der Waals surface area contributed by atoms with E-state index in [-0.39, 0.29) is 17.0 Å². The number of pyridine rings is 1. The third kappa shape index (κ3) is 5.16. The Bertz CT molecular complexity index is 1020. The molecule has 32 heavy (non-hydrogen) atoms. The number of halogens is 3. The van der Waals surface area contributed by atoms with Crippen LogP contribution in [0.15, 0.2) is 36.5 Å². The zero-order valence-corrected chi connectivity index (χ0v) is 17.2. The van der Waals surface area contributed by atoms with E-state index in [1.54, 1.807) is 17.0 Å². The maximum absolute atomic E-state index is 13.7. The molecule has 1 fully saturated rings. The molecule has 170 valence electrons. The number of amides is 2. The molecule has 2 aromatic rings. The Labute approximate surface area is 182 Å². The summed E-state index contributed by atoms with van der Waals surface area (Å²) < 4.78 is 46.1. The number of hydrogen-bond acceptors (Lipinski definition) is 5. The highest BCUT2D eigenvalue weighted by Crippen LogP contribution is 2.39. The molecule has 0 spiro atoms. The maximum Gasteiger partial charge on any atom is 0.416 e. The number of alkyl halides is 3. The quantitative estimate of drug-likeness (QED) is 0.490. The van der Waals surface area contributed by atoms with Gasteiger partial charge in [-0.1, -0.05) is 6.07 Å². The minimum atomic E-state index is -4.66. The van der Waals surface area contributed by atoms with Gasteiger partial charge in [-0.3, -0.25) is 20.3 Å². The lowest BCUT2D eigenvalue weighted by Crippen LogP contribution is -2.38. The third-order valence-corrected chi connectivity index (χ3v) is 5.28. The molecule has 1 aliphatic heterocycles. The van der Waals surface area contributed by atoms with Gasteiger partial charge in [-0.05, 0) is 42.5 Å². The van der Waals surface area contributed by atoms with Crippen LogP contribution in [0.1, 0.15) is 50.6 Å². The lowest BCUT2D eigenvalue weighted by atomic mass is 9.85. The first-order chi connectivity index (χ1) is 15.1. The number of guanidine groups is 1. The number of hydrogen-bond donors (Lipinski definition) is 3. The van der Waals surface area contributed by atoms with Gasteiger partial charge in [-0.2, -0.15) is 13.2 Å². The smallest absolute Gasteiger partial charge is 0.416 e. The van der Waals surface area contributed by atoms with Gasteiger partial charge in [-0.15, -0.1) is 0 Å². The summed E-state index contributed by atoms with van der Waals surface area (Å²) in [6, 6.07) is 6.50. The standard InChI is InChI=1S/C21H22F3N5O3/c1-32-17-5-3-14(11-27-17)19(31)29-8-6-12(7-9-29)15-4-2-13(18(30)28-20(25)26)10-16(15)21(22,23)24/h2-5,10-12H,6-9H2,1H3,(H4,25,26,28,30). The van der Waals surface area contributed by atoms with Crippen LogP contribution in [0.3, 0.4) is 0 Å². The van der Waals surface area contributed by atoms with Crippen LogP contribution in [-0.4, -0.2) is 47.9 Å². The predicted molar refractivity (Wildman–Crippen MR) is 109 cm³/mol. The first-order valence-corrected chi connectivity index (χ1v) is 9.76. The predicted octanol–water partition coefficient (Wildman–Crippen LogP) is 2.75. The highest BCUT2D eigenvalue weighted by molar-refractivity contribution is 6.04. The number of carbonyl (C=O) groups excluding carboxylic acids is 2. The Morgan fingerprint density at radius 3 is 2.38 bits per heavy atom. The van der Waals surface area contributed by atoms with Crippen LogP contribution in [0.25, 0.3) is 0 Å². The Balaban J connectivity index is 1.75. The number of nitrogens with two attached hydrogens (primary N) is 1. The fraction of sp³-hybridized carbons (Fsp3) is 0.333. The number of methoxy groups -OCH3 is 1. The summed E-state index contributed by atoms with van der Waals surface area (Å²) in [6.45, 7) is 0.582. The molecular weight excluding hydrogens is 427 g/mol. The van der Waals surface area contributed by atoms with E-state index in [2.05, 4.69) is 4.98 Å². The molecule has 1 aliphatic rings. The molecule has 1 aromatic heterocycles. The summed E-state index contributed by atoms with van der Waals surface area (Å²) in [4.78, 5) is 30.2. The van der Waals surface area contributed by atoms with Gasteiger partial charge in [0.1, 0.15) is 0 Å². The summed E-state index contributed by atoms with van der Waals surface area (Å²) >= 11 is 0. The highest BCUT2D eigenvalue weighted by atomic mass is 19.4. The summed E-state index contributed by atoms with van der Waals surface area (Å²) in [5.41, 5.74) is 4.39. The van der Waals surface area contributed by atoms with Crippen LogP contribution in [0, 0.1) is 5.41 Å². The van der Waals surface area contributed by atoms with E-state index in [1.165, 1.54) is 25.4 Å². The topological polar surface area (TPSA) is 121 Å². The zero-order chi connectivity index (χ0) is 23.5. The molecule has 0 unspecified atom stereocenters. The number of nitrogens with one attached hydrogen (secondary N) is 2. The summed E-state index contributed by atoms with van der Waals surface area (Å²) in [5.74, 6) is -1.83. The molecule has 0 atom stereocenters. The van der Waals surface area contributed by atoms with E-state index >= 15 is 0 Å². The van der Waals surface area contributed by atoms with Gasteiger partial charge in [-0.25, -0.2) is 4.98 Å². The molecule has 0 aliphatic carbocycles. The number of piperidine rings is 1. The van der Waals surface area contributed by atoms with Gasteiger partial charge in [0.15, 0.2) is 5.96 Å². The molecule has 0 bridgehead atoms. The lowest BCUT2D eigenvalue weighted by molar-refractivity contribution is -0.138. The number of rotatable bonds is 4. The van der Waals surface area contributed by atoms with Crippen molar-refractivity contribution in [1.82, 2.24) is 15.2 Å². The molecule has 2 heterocycles. The van der Waals surface area contributed by atoms with Crippen LogP contribution in [0.5, 0.6) is 5.88 Å². The number of benzene rings is 1. The molecule has 8 nitrogen and oxygen atoms in total. The Kier molecular flexibility index (Phi) is 6.66. The van der Waals surface area contributed by atoms with Crippen LogP contribution in [0.2, 0.25) is 0 Å². The van der Waals surface area contributed by atoms with Crippen molar-refractivity contribution in [3.8, 4) is 5.88 Å². The summed E-state index contributed by atoms with van der Waals surface area (Å²) in [7, 11) is 1.46. The van der Waals surface area contributed by atoms with Crippen LogP contribution >= 0.6 is 0 Å². The van der Waals surface area contributed by atoms with Crippen molar-refractivity contribution >= 4 is 17.8 Å². The lowest BCUT2D eigenvalue weighted by Gasteiger charge is -2.33. The molecular formula is C21H22F3N5O3. The summed E-state index contributed by atoms with van der Waals surface area (Å²) in [5, 5.41) is 9.05.